The van der Waals surface area contributed by atoms with Gasteiger partial charge in [0.1, 0.15) is 12.4 Å². The van der Waals surface area contributed by atoms with E-state index in [1.807, 2.05) is 0 Å². The third-order valence-corrected chi connectivity index (χ3v) is 5.84. The highest BCUT2D eigenvalue weighted by atomic mass is 32.2. The van der Waals surface area contributed by atoms with Crippen LogP contribution >= 0.6 is 0 Å². The summed E-state index contributed by atoms with van der Waals surface area (Å²) in [4.78, 5) is 5.12. The molecule has 2 heterocycles. The number of fused-ring (bicyclic) bond motifs is 2. The van der Waals surface area contributed by atoms with E-state index in [0.717, 1.165) is 13.1 Å². The number of rotatable bonds is 5. The minimum atomic E-state index is -3.64. The van der Waals surface area contributed by atoms with E-state index in [1.165, 1.54) is 37.9 Å². The van der Waals surface area contributed by atoms with Crippen LogP contribution in [-0.4, -0.2) is 63.6 Å². The molecule has 0 amide bonds. The van der Waals surface area contributed by atoms with Crippen LogP contribution in [0.4, 0.5) is 0 Å². The van der Waals surface area contributed by atoms with Crippen LogP contribution in [0.15, 0.2) is 29.2 Å². The topological polar surface area (TPSA) is 75.9 Å². The molecule has 1 unspecified atom stereocenters. The molecule has 2 aliphatic rings. The summed E-state index contributed by atoms with van der Waals surface area (Å²) in [5.74, 6) is 0.677. The molecule has 0 aliphatic carbocycles. The maximum atomic E-state index is 11.2. The number of likely N-dealkylation sites (N-methyl/N-ethyl adjacent to an activating group) is 1. The summed E-state index contributed by atoms with van der Waals surface area (Å²) in [6.45, 7) is 3.85. The van der Waals surface area contributed by atoms with Crippen LogP contribution in [0.5, 0.6) is 5.75 Å². The van der Waals surface area contributed by atoms with Gasteiger partial charge >= 0.3 is 0 Å². The summed E-state index contributed by atoms with van der Waals surface area (Å²) in [5.41, 5.74) is 0. The van der Waals surface area contributed by atoms with Gasteiger partial charge < -0.3 is 9.64 Å². The van der Waals surface area contributed by atoms with Gasteiger partial charge in [0.2, 0.25) is 10.0 Å². The molecule has 0 aromatic heterocycles. The fraction of sp³-hybridized carbons (Fsp3) is 0.625. The van der Waals surface area contributed by atoms with Crippen LogP contribution < -0.4 is 9.88 Å². The monoisotopic (exact) mass is 339 g/mol. The van der Waals surface area contributed by atoms with Crippen molar-refractivity contribution in [2.24, 2.45) is 5.14 Å². The Balaban J connectivity index is 1.53. The molecule has 0 radical (unpaired) electrons. The predicted octanol–water partition coefficient (Wildman–Crippen LogP) is 0.881. The van der Waals surface area contributed by atoms with Crippen LogP contribution in [-0.2, 0) is 10.0 Å². The van der Waals surface area contributed by atoms with Crippen molar-refractivity contribution in [1.82, 2.24) is 9.80 Å². The zero-order valence-electron chi connectivity index (χ0n) is 13.5. The Hall–Kier alpha value is -1.15. The molecule has 0 spiro atoms. The molecular weight excluding hydrogens is 314 g/mol. The number of likely N-dealkylation sites (tertiary alicyclic amines) is 1. The van der Waals surface area contributed by atoms with Gasteiger partial charge in [0, 0.05) is 25.2 Å². The highest BCUT2D eigenvalue weighted by molar-refractivity contribution is 7.89. The van der Waals surface area contributed by atoms with Gasteiger partial charge in [-0.2, -0.15) is 0 Å². The molecule has 2 saturated heterocycles. The van der Waals surface area contributed by atoms with Crippen LogP contribution in [0.2, 0.25) is 0 Å². The second-order valence-corrected chi connectivity index (χ2v) is 8.10. The summed E-state index contributed by atoms with van der Waals surface area (Å²) >= 11 is 0. The maximum absolute atomic E-state index is 11.2. The van der Waals surface area contributed by atoms with Crippen LogP contribution in [0.1, 0.15) is 19.3 Å². The lowest BCUT2D eigenvalue weighted by molar-refractivity contribution is 0.156. The lowest BCUT2D eigenvalue weighted by atomic mass is 10.1. The summed E-state index contributed by atoms with van der Waals surface area (Å²) in [6, 6.07) is 7.60. The van der Waals surface area contributed by atoms with E-state index >= 15 is 0 Å². The Morgan fingerprint density at radius 1 is 1.17 bits per heavy atom. The minimum Gasteiger partial charge on any atom is -0.492 e. The summed E-state index contributed by atoms with van der Waals surface area (Å²) in [5, 5.41) is 5.09. The van der Waals surface area contributed by atoms with E-state index in [0.29, 0.717) is 24.4 Å². The van der Waals surface area contributed by atoms with Gasteiger partial charge in [0.05, 0.1) is 4.90 Å². The standard InChI is InChI=1S/C16H25N3O3S/c1-18-9-8-13-2-3-14(12-18)19(13)10-11-22-15-4-6-16(7-5-15)23(17,20)21/h4-7,13-14H,2-3,8-12H2,1H3,(H2,17,20,21)/t13?,14-/m1/s1. The second-order valence-electron chi connectivity index (χ2n) is 6.54. The lowest BCUT2D eigenvalue weighted by Crippen LogP contribution is -2.40. The van der Waals surface area contributed by atoms with Gasteiger partial charge in [0.15, 0.2) is 0 Å². The fourth-order valence-corrected chi connectivity index (χ4v) is 4.22. The minimum absolute atomic E-state index is 0.110. The van der Waals surface area contributed by atoms with Crippen molar-refractivity contribution in [1.29, 1.82) is 0 Å². The smallest absolute Gasteiger partial charge is 0.238 e. The van der Waals surface area contributed by atoms with Crippen molar-refractivity contribution in [3.63, 3.8) is 0 Å². The number of benzene rings is 1. The summed E-state index contributed by atoms with van der Waals surface area (Å²) < 4.78 is 28.2. The number of nitrogens with zero attached hydrogens (tertiary/aromatic N) is 2. The van der Waals surface area contributed by atoms with Gasteiger partial charge in [-0.15, -0.1) is 0 Å². The molecule has 128 valence electrons. The third-order valence-electron chi connectivity index (χ3n) is 4.91. The number of sulfonamides is 1. The fourth-order valence-electron chi connectivity index (χ4n) is 3.70. The first kappa shape index (κ1) is 16.7. The molecule has 6 nitrogen and oxygen atoms in total. The Labute approximate surface area is 138 Å². The van der Waals surface area contributed by atoms with Crippen LogP contribution in [0.3, 0.4) is 0 Å². The number of nitrogens with two attached hydrogens (primary N) is 1. The van der Waals surface area contributed by atoms with Crippen molar-refractivity contribution in [3.8, 4) is 5.75 Å². The quantitative estimate of drug-likeness (QED) is 0.862. The molecule has 0 saturated carbocycles. The molecule has 1 aromatic carbocycles. The Morgan fingerprint density at radius 3 is 2.57 bits per heavy atom. The number of primary sulfonamides is 1. The largest absolute Gasteiger partial charge is 0.492 e. The first-order valence-electron chi connectivity index (χ1n) is 8.13. The molecule has 2 fully saturated rings. The Bertz CT molecular complexity index is 632. The maximum Gasteiger partial charge on any atom is 0.238 e. The second kappa shape index (κ2) is 6.76. The highest BCUT2D eigenvalue weighted by Crippen LogP contribution is 2.29. The van der Waals surface area contributed by atoms with Gasteiger partial charge in [0.25, 0.3) is 0 Å². The van der Waals surface area contributed by atoms with Crippen molar-refractivity contribution in [3.05, 3.63) is 24.3 Å². The highest BCUT2D eigenvalue weighted by Gasteiger charge is 2.35. The summed E-state index contributed by atoms with van der Waals surface area (Å²) in [7, 11) is -1.44. The molecule has 2 bridgehead atoms. The van der Waals surface area contributed by atoms with Crippen molar-refractivity contribution >= 4 is 10.0 Å². The molecule has 3 rings (SSSR count). The normalized spacial score (nSPS) is 26.2. The third kappa shape index (κ3) is 4.03. The zero-order chi connectivity index (χ0) is 16.4. The van der Waals surface area contributed by atoms with Crippen LogP contribution in [0, 0.1) is 0 Å². The first-order valence-corrected chi connectivity index (χ1v) is 9.68. The zero-order valence-corrected chi connectivity index (χ0v) is 14.3. The molecule has 1 aromatic rings. The van der Waals surface area contributed by atoms with Crippen molar-refractivity contribution < 1.29 is 13.2 Å². The molecule has 2 aliphatic heterocycles. The van der Waals surface area contributed by atoms with Crippen molar-refractivity contribution in [2.45, 2.75) is 36.2 Å². The van der Waals surface area contributed by atoms with Gasteiger partial charge in [-0.25, -0.2) is 13.6 Å². The van der Waals surface area contributed by atoms with E-state index in [1.54, 1.807) is 12.1 Å². The molecule has 23 heavy (non-hydrogen) atoms. The average Bonchev–Trinajstić information content (AvgIpc) is 2.78. The van der Waals surface area contributed by atoms with Crippen molar-refractivity contribution in [2.75, 3.05) is 33.3 Å². The Morgan fingerprint density at radius 2 is 1.87 bits per heavy atom. The van der Waals surface area contributed by atoms with E-state index < -0.39 is 10.0 Å². The van der Waals surface area contributed by atoms with Crippen LogP contribution in [0.25, 0.3) is 0 Å². The van der Waals surface area contributed by atoms with Gasteiger partial charge in [-0.1, -0.05) is 0 Å². The molecule has 2 N–H and O–H groups in total. The molecule has 7 heteroatoms. The van der Waals surface area contributed by atoms with Gasteiger partial charge in [-0.3, -0.25) is 4.90 Å². The number of hydrogen-bond acceptors (Lipinski definition) is 5. The predicted molar refractivity (Wildman–Crippen MR) is 88.9 cm³/mol. The average molecular weight is 339 g/mol. The Kier molecular flexibility index (Phi) is 4.91. The number of hydrogen-bond donors (Lipinski definition) is 1. The SMILES string of the molecule is CN1CCC2CC[C@H](C1)N2CCOc1ccc(S(N)(=O)=O)cc1. The molecular formula is C16H25N3O3S. The van der Waals surface area contributed by atoms with E-state index in [9.17, 15) is 8.42 Å². The molecule has 2 atom stereocenters. The van der Waals surface area contributed by atoms with E-state index in [2.05, 4.69) is 16.8 Å². The number of ether oxygens (including phenoxy) is 1. The van der Waals surface area contributed by atoms with E-state index in [4.69, 9.17) is 9.88 Å². The van der Waals surface area contributed by atoms with E-state index in [-0.39, 0.29) is 4.90 Å². The summed E-state index contributed by atoms with van der Waals surface area (Å²) in [6.07, 6.45) is 3.80. The van der Waals surface area contributed by atoms with Gasteiger partial charge in [-0.05, 0) is 57.1 Å². The first-order chi connectivity index (χ1) is 10.9. The lowest BCUT2D eigenvalue weighted by Gasteiger charge is -2.27.